The number of fused-ring (bicyclic) bond motifs is 1. The van der Waals surface area contributed by atoms with Crippen LogP contribution in [-0.2, 0) is 9.47 Å². The minimum atomic E-state index is 0.282. The fourth-order valence-electron chi connectivity index (χ4n) is 6.38. The molecule has 1 aliphatic heterocycles. The molecule has 11 heteroatoms. The number of hydrogen-bond donors (Lipinski definition) is 2. The zero-order valence-corrected chi connectivity index (χ0v) is 25.4. The molecular weight excluding hydrogens is 556 g/mol. The van der Waals surface area contributed by atoms with Crippen LogP contribution < -0.4 is 16.2 Å². The molecule has 44 heavy (non-hydrogen) atoms. The van der Waals surface area contributed by atoms with Gasteiger partial charge in [0.25, 0.3) is 0 Å². The molecule has 1 saturated heterocycles. The van der Waals surface area contributed by atoms with Crippen molar-refractivity contribution in [1.29, 1.82) is 0 Å². The molecule has 6 rings (SSSR count). The van der Waals surface area contributed by atoms with E-state index in [1.54, 1.807) is 6.33 Å². The first-order valence-corrected chi connectivity index (χ1v) is 15.8. The number of nitrogens with two attached hydrogens (primary N) is 2. The van der Waals surface area contributed by atoms with E-state index in [4.69, 9.17) is 30.8 Å². The lowest BCUT2D eigenvalue weighted by atomic mass is 9.90. The van der Waals surface area contributed by atoms with Crippen molar-refractivity contribution in [3.05, 3.63) is 60.9 Å². The molecule has 3 heterocycles. The van der Waals surface area contributed by atoms with Crippen molar-refractivity contribution >= 4 is 16.9 Å². The van der Waals surface area contributed by atoms with E-state index in [9.17, 15) is 0 Å². The lowest BCUT2D eigenvalue weighted by molar-refractivity contribution is 0.0257. The SMILES string of the molecule is NCCOCCOCCN1CCN(C2CCC(n3nc(-c4ccc(Oc5ccccc5)cc4)c4c(N)ncnc43)CC2)CC1. The highest BCUT2D eigenvalue weighted by Gasteiger charge is 2.31. The van der Waals surface area contributed by atoms with Crippen LogP contribution in [0.15, 0.2) is 60.9 Å². The van der Waals surface area contributed by atoms with E-state index in [0.717, 1.165) is 98.8 Å². The van der Waals surface area contributed by atoms with Crippen LogP contribution >= 0.6 is 0 Å². The van der Waals surface area contributed by atoms with Crippen LogP contribution in [-0.4, -0.2) is 101 Å². The summed E-state index contributed by atoms with van der Waals surface area (Å²) in [5.74, 6) is 2.03. The zero-order valence-electron chi connectivity index (χ0n) is 25.4. The number of para-hydroxylation sites is 1. The van der Waals surface area contributed by atoms with Gasteiger partial charge in [-0.15, -0.1) is 0 Å². The molecule has 0 bridgehead atoms. The Morgan fingerprint density at radius 2 is 1.43 bits per heavy atom. The summed E-state index contributed by atoms with van der Waals surface area (Å²) in [6, 6.07) is 18.6. The highest BCUT2D eigenvalue weighted by molar-refractivity contribution is 5.98. The number of hydrogen-bond acceptors (Lipinski definition) is 10. The first-order chi connectivity index (χ1) is 21.7. The summed E-state index contributed by atoms with van der Waals surface area (Å²) in [4.78, 5) is 14.1. The van der Waals surface area contributed by atoms with E-state index in [0.29, 0.717) is 38.2 Å². The van der Waals surface area contributed by atoms with Crippen LogP contribution in [0.5, 0.6) is 11.5 Å². The summed E-state index contributed by atoms with van der Waals surface area (Å²) in [5, 5.41) is 5.92. The van der Waals surface area contributed by atoms with Gasteiger partial charge in [-0.3, -0.25) is 9.80 Å². The number of benzene rings is 2. The third kappa shape index (κ3) is 7.36. The molecule has 1 saturated carbocycles. The van der Waals surface area contributed by atoms with Crippen molar-refractivity contribution in [3.8, 4) is 22.8 Å². The van der Waals surface area contributed by atoms with Gasteiger partial charge in [0, 0.05) is 50.9 Å². The highest BCUT2D eigenvalue weighted by atomic mass is 16.5. The van der Waals surface area contributed by atoms with Crippen molar-refractivity contribution in [2.24, 2.45) is 5.73 Å². The Labute approximate surface area is 259 Å². The van der Waals surface area contributed by atoms with Gasteiger partial charge in [0.1, 0.15) is 29.3 Å². The molecule has 2 fully saturated rings. The van der Waals surface area contributed by atoms with E-state index in [2.05, 4.69) is 24.4 Å². The number of aromatic nitrogens is 4. The Kier molecular flexibility index (Phi) is 10.3. The van der Waals surface area contributed by atoms with Crippen LogP contribution in [0.3, 0.4) is 0 Å². The summed E-state index contributed by atoms with van der Waals surface area (Å²) in [7, 11) is 0. The minimum Gasteiger partial charge on any atom is -0.457 e. The fourth-order valence-corrected chi connectivity index (χ4v) is 6.38. The molecule has 0 atom stereocenters. The Balaban J connectivity index is 1.04. The van der Waals surface area contributed by atoms with Crippen molar-refractivity contribution < 1.29 is 14.2 Å². The standard InChI is InChI=1S/C33H44N8O3/c34-14-20-42-22-23-43-21-19-39-15-17-40(18-16-39)26-8-10-27(11-9-26)41-33-30(32(35)36-24-37-33)31(38-41)25-6-12-29(13-7-25)44-28-4-2-1-3-5-28/h1-7,12-13,24,26-27H,8-11,14-23,34H2,(H2,35,36,37). The Bertz CT molecular complexity index is 1450. The Morgan fingerprint density at radius 1 is 0.750 bits per heavy atom. The van der Waals surface area contributed by atoms with E-state index < -0.39 is 0 Å². The molecule has 1 aliphatic carbocycles. The molecule has 4 N–H and O–H groups in total. The molecule has 4 aromatic rings. The maximum Gasteiger partial charge on any atom is 0.164 e. The third-order valence-corrected chi connectivity index (χ3v) is 8.75. The summed E-state index contributed by atoms with van der Waals surface area (Å²) in [5.41, 5.74) is 14.4. The van der Waals surface area contributed by atoms with Gasteiger partial charge in [-0.25, -0.2) is 14.6 Å². The first kappa shape index (κ1) is 30.4. The summed E-state index contributed by atoms with van der Waals surface area (Å²) in [6.45, 7) is 8.50. The number of piperazine rings is 1. The Morgan fingerprint density at radius 3 is 2.16 bits per heavy atom. The zero-order chi connectivity index (χ0) is 30.1. The molecule has 0 unspecified atom stereocenters. The smallest absolute Gasteiger partial charge is 0.164 e. The predicted octanol–water partition coefficient (Wildman–Crippen LogP) is 3.96. The average molecular weight is 601 g/mol. The molecule has 2 aromatic carbocycles. The maximum atomic E-state index is 6.41. The number of rotatable bonds is 13. The van der Waals surface area contributed by atoms with Gasteiger partial charge in [0.15, 0.2) is 5.65 Å². The van der Waals surface area contributed by atoms with Gasteiger partial charge >= 0.3 is 0 Å². The number of ether oxygens (including phenoxy) is 3. The molecule has 0 amide bonds. The minimum absolute atomic E-state index is 0.282. The number of anilines is 1. The fraction of sp³-hybridized carbons (Fsp3) is 0.485. The lowest BCUT2D eigenvalue weighted by Crippen LogP contribution is -2.51. The van der Waals surface area contributed by atoms with Gasteiger partial charge in [-0.2, -0.15) is 5.10 Å². The second-order valence-corrected chi connectivity index (χ2v) is 11.5. The predicted molar refractivity (Wildman–Crippen MR) is 172 cm³/mol. The topological polar surface area (TPSA) is 130 Å². The van der Waals surface area contributed by atoms with E-state index in [1.807, 2.05) is 54.6 Å². The molecule has 11 nitrogen and oxygen atoms in total. The number of nitrogen functional groups attached to an aromatic ring is 1. The quantitative estimate of drug-likeness (QED) is 0.218. The summed E-state index contributed by atoms with van der Waals surface area (Å²) >= 11 is 0. The second-order valence-electron chi connectivity index (χ2n) is 11.5. The van der Waals surface area contributed by atoms with Gasteiger partial charge in [0.05, 0.1) is 37.9 Å². The maximum absolute atomic E-state index is 6.41. The van der Waals surface area contributed by atoms with Gasteiger partial charge in [-0.05, 0) is 62.1 Å². The van der Waals surface area contributed by atoms with Crippen molar-refractivity contribution in [2.45, 2.75) is 37.8 Å². The van der Waals surface area contributed by atoms with Gasteiger partial charge in [-0.1, -0.05) is 18.2 Å². The van der Waals surface area contributed by atoms with E-state index in [-0.39, 0.29) is 6.04 Å². The van der Waals surface area contributed by atoms with E-state index in [1.165, 1.54) is 0 Å². The van der Waals surface area contributed by atoms with Crippen LogP contribution in [0.4, 0.5) is 5.82 Å². The Hall–Kier alpha value is -3.61. The van der Waals surface area contributed by atoms with Crippen LogP contribution in [0, 0.1) is 0 Å². The molecule has 2 aromatic heterocycles. The largest absolute Gasteiger partial charge is 0.457 e. The van der Waals surface area contributed by atoms with E-state index >= 15 is 0 Å². The molecule has 0 radical (unpaired) electrons. The molecular formula is C33H44N8O3. The van der Waals surface area contributed by atoms with Crippen LogP contribution in [0.25, 0.3) is 22.3 Å². The molecule has 2 aliphatic rings. The normalized spacial score (nSPS) is 19.8. The van der Waals surface area contributed by atoms with Gasteiger partial charge < -0.3 is 25.7 Å². The monoisotopic (exact) mass is 600 g/mol. The van der Waals surface area contributed by atoms with Crippen molar-refractivity contribution in [3.63, 3.8) is 0 Å². The molecule has 234 valence electrons. The third-order valence-electron chi connectivity index (χ3n) is 8.75. The first-order valence-electron chi connectivity index (χ1n) is 15.8. The van der Waals surface area contributed by atoms with Crippen LogP contribution in [0.2, 0.25) is 0 Å². The second kappa shape index (κ2) is 14.9. The average Bonchev–Trinajstić information content (AvgIpc) is 3.47. The van der Waals surface area contributed by atoms with Crippen molar-refractivity contribution in [2.75, 3.05) is 71.4 Å². The highest BCUT2D eigenvalue weighted by Crippen LogP contribution is 2.37. The van der Waals surface area contributed by atoms with Crippen molar-refractivity contribution in [1.82, 2.24) is 29.5 Å². The number of nitrogens with zero attached hydrogens (tertiary/aromatic N) is 6. The molecule has 0 spiro atoms. The summed E-state index contributed by atoms with van der Waals surface area (Å²) < 4.78 is 19.2. The lowest BCUT2D eigenvalue weighted by Gasteiger charge is -2.42. The van der Waals surface area contributed by atoms with Crippen LogP contribution in [0.1, 0.15) is 31.7 Å². The van der Waals surface area contributed by atoms with Gasteiger partial charge in [0.2, 0.25) is 0 Å². The summed E-state index contributed by atoms with van der Waals surface area (Å²) in [6.07, 6.45) is 5.98.